The summed E-state index contributed by atoms with van der Waals surface area (Å²) in [5, 5.41) is 4.31. The summed E-state index contributed by atoms with van der Waals surface area (Å²) in [5.74, 6) is -4.83. The van der Waals surface area contributed by atoms with Crippen molar-refractivity contribution in [2.45, 2.75) is 59.4 Å². The number of ether oxygens (including phenoxy) is 1. The molecule has 1 aliphatic carbocycles. The van der Waals surface area contributed by atoms with Gasteiger partial charge in [-0.25, -0.2) is 22.6 Å². The maximum atomic E-state index is 13.8. The molecule has 1 amide bonds. The van der Waals surface area contributed by atoms with Crippen LogP contribution in [0, 0.1) is 29.3 Å². The number of hydrogen-bond donors (Lipinski definition) is 0. The fraction of sp³-hybridized carbons (Fsp3) is 0.522. The van der Waals surface area contributed by atoms with Gasteiger partial charge in [-0.2, -0.15) is 0 Å². The Bertz CT molecular complexity index is 975. The Balaban J connectivity index is 2.07. The molecule has 3 rings (SSSR count). The Kier molecular flexibility index (Phi) is 7.26. The van der Waals surface area contributed by atoms with Gasteiger partial charge in [-0.1, -0.05) is 6.92 Å². The number of carbonyl (C=O) groups is 2. The first-order chi connectivity index (χ1) is 15.1. The van der Waals surface area contributed by atoms with E-state index < -0.39 is 23.4 Å². The molecule has 0 unspecified atom stereocenters. The lowest BCUT2D eigenvalue weighted by Crippen LogP contribution is -2.43. The molecule has 0 radical (unpaired) electrons. The summed E-state index contributed by atoms with van der Waals surface area (Å²) >= 11 is 0. The van der Waals surface area contributed by atoms with Gasteiger partial charge in [0, 0.05) is 30.3 Å². The summed E-state index contributed by atoms with van der Waals surface area (Å²) in [6.07, 6.45) is 4.61. The van der Waals surface area contributed by atoms with Gasteiger partial charge in [0.1, 0.15) is 5.56 Å². The molecule has 1 aromatic heterocycles. The van der Waals surface area contributed by atoms with Crippen molar-refractivity contribution < 1.29 is 27.5 Å². The van der Waals surface area contributed by atoms with Gasteiger partial charge in [-0.05, 0) is 52.4 Å². The van der Waals surface area contributed by atoms with Crippen molar-refractivity contribution in [3.05, 3.63) is 41.3 Å². The zero-order valence-electron chi connectivity index (χ0n) is 18.7. The van der Waals surface area contributed by atoms with E-state index >= 15 is 0 Å². The third kappa shape index (κ3) is 4.81. The van der Waals surface area contributed by atoms with Gasteiger partial charge in [0.25, 0.3) is 0 Å². The van der Waals surface area contributed by atoms with E-state index in [0.29, 0.717) is 5.92 Å². The van der Waals surface area contributed by atoms with Crippen LogP contribution in [-0.2, 0) is 9.53 Å². The Morgan fingerprint density at radius 3 is 2.28 bits per heavy atom. The first-order valence-electron chi connectivity index (χ1n) is 10.9. The van der Waals surface area contributed by atoms with Gasteiger partial charge in [0.2, 0.25) is 5.91 Å². The number of aromatic nitrogens is 2. The third-order valence-electron chi connectivity index (χ3n) is 5.77. The Morgan fingerprint density at radius 2 is 1.75 bits per heavy atom. The molecule has 0 N–H and O–H groups in total. The van der Waals surface area contributed by atoms with Crippen molar-refractivity contribution in [3.63, 3.8) is 0 Å². The number of halogens is 3. The van der Waals surface area contributed by atoms with Gasteiger partial charge >= 0.3 is 5.97 Å². The highest BCUT2D eigenvalue weighted by molar-refractivity contribution is 6.02. The third-order valence-corrected chi connectivity index (χ3v) is 5.77. The number of amides is 1. The minimum absolute atomic E-state index is 0.0109. The van der Waals surface area contributed by atoms with Gasteiger partial charge in [0.15, 0.2) is 23.3 Å². The van der Waals surface area contributed by atoms with Crippen molar-refractivity contribution in [1.29, 1.82) is 0 Å². The summed E-state index contributed by atoms with van der Waals surface area (Å²) in [6, 6.07) is 1.21. The predicted octanol–water partition coefficient (Wildman–Crippen LogP) is 5.03. The van der Waals surface area contributed by atoms with E-state index in [9.17, 15) is 22.8 Å². The topological polar surface area (TPSA) is 64.4 Å². The predicted molar refractivity (Wildman–Crippen MR) is 113 cm³/mol. The molecule has 1 fully saturated rings. The highest BCUT2D eigenvalue weighted by atomic mass is 19.2. The van der Waals surface area contributed by atoms with E-state index in [1.807, 2.05) is 0 Å². The molecule has 32 heavy (non-hydrogen) atoms. The molecule has 0 bridgehead atoms. The molecule has 0 spiro atoms. The van der Waals surface area contributed by atoms with Crippen LogP contribution in [-0.4, -0.2) is 34.3 Å². The number of hydrogen-bond acceptors (Lipinski definition) is 4. The molecule has 9 heteroatoms. The molecule has 6 nitrogen and oxygen atoms in total. The molecule has 174 valence electrons. The van der Waals surface area contributed by atoms with Crippen LogP contribution in [0.1, 0.15) is 63.7 Å². The average Bonchev–Trinajstić information content (AvgIpc) is 3.17. The van der Waals surface area contributed by atoms with Crippen molar-refractivity contribution in [3.8, 4) is 5.69 Å². The summed E-state index contributed by atoms with van der Waals surface area (Å²) in [6.45, 7) is 7.49. The first-order valence-corrected chi connectivity index (χ1v) is 10.9. The first kappa shape index (κ1) is 23.8. The lowest BCUT2D eigenvalue weighted by molar-refractivity contribution is -0.124. The van der Waals surface area contributed by atoms with Crippen LogP contribution in [0.15, 0.2) is 18.3 Å². The number of carbonyl (C=O) groups excluding carboxylic acids is 2. The summed E-state index contributed by atoms with van der Waals surface area (Å²) < 4.78 is 47.2. The molecule has 0 aliphatic heterocycles. The molecule has 0 saturated heterocycles. The molecule has 1 aliphatic rings. The Labute approximate surface area is 185 Å². The van der Waals surface area contributed by atoms with E-state index in [0.717, 1.165) is 42.5 Å². The van der Waals surface area contributed by atoms with E-state index in [2.05, 4.69) is 12.0 Å². The van der Waals surface area contributed by atoms with E-state index in [-0.39, 0.29) is 41.5 Å². The van der Waals surface area contributed by atoms with Crippen LogP contribution < -0.4 is 4.90 Å². The molecule has 1 aromatic carbocycles. The Hall–Kier alpha value is -2.84. The van der Waals surface area contributed by atoms with Crippen LogP contribution in [0.3, 0.4) is 0 Å². The molecule has 1 saturated carbocycles. The van der Waals surface area contributed by atoms with Crippen LogP contribution in [0.25, 0.3) is 5.69 Å². The zero-order valence-corrected chi connectivity index (χ0v) is 18.7. The largest absolute Gasteiger partial charge is 0.462 e. The summed E-state index contributed by atoms with van der Waals surface area (Å²) in [5.41, 5.74) is -0.135. The van der Waals surface area contributed by atoms with Gasteiger partial charge in [-0.15, -0.1) is 5.10 Å². The van der Waals surface area contributed by atoms with Crippen LogP contribution in [0.2, 0.25) is 0 Å². The number of rotatable bonds is 6. The van der Waals surface area contributed by atoms with Crippen molar-refractivity contribution in [1.82, 2.24) is 9.78 Å². The van der Waals surface area contributed by atoms with Gasteiger partial charge in [-0.3, -0.25) is 9.69 Å². The van der Waals surface area contributed by atoms with Crippen molar-refractivity contribution >= 4 is 17.7 Å². The second-order valence-electron chi connectivity index (χ2n) is 8.51. The quantitative estimate of drug-likeness (QED) is 0.456. The van der Waals surface area contributed by atoms with Crippen LogP contribution in [0.4, 0.5) is 19.0 Å². The SMILES string of the molecule is CCOC(=O)c1cn(-c2cc(F)c(F)c(F)c2)nc1N(C(=O)C1CCC(C)CC1)C(C)C. The van der Waals surface area contributed by atoms with Crippen molar-refractivity contribution in [2.24, 2.45) is 11.8 Å². The molecular weight excluding hydrogens is 423 g/mol. The number of anilines is 1. The standard InChI is InChI=1S/C23H28F3N3O3/c1-5-32-23(31)17-12-28(16-10-18(24)20(26)19(25)11-16)27-21(17)29(13(2)3)22(30)15-8-6-14(4)7-9-15/h10-15H,5-9H2,1-4H3. The van der Waals surface area contributed by atoms with E-state index in [1.165, 1.54) is 11.1 Å². The number of esters is 1. The lowest BCUT2D eigenvalue weighted by atomic mass is 9.82. The van der Waals surface area contributed by atoms with E-state index in [1.54, 1.807) is 20.8 Å². The lowest BCUT2D eigenvalue weighted by Gasteiger charge is -2.32. The van der Waals surface area contributed by atoms with Crippen molar-refractivity contribution in [2.75, 3.05) is 11.5 Å². The summed E-state index contributed by atoms with van der Waals surface area (Å²) in [4.78, 5) is 27.5. The van der Waals surface area contributed by atoms with Crippen LogP contribution in [0.5, 0.6) is 0 Å². The average molecular weight is 451 g/mol. The van der Waals surface area contributed by atoms with Crippen LogP contribution >= 0.6 is 0 Å². The molecular formula is C23H28F3N3O3. The number of benzene rings is 1. The minimum Gasteiger partial charge on any atom is -0.462 e. The smallest absolute Gasteiger partial charge is 0.343 e. The highest BCUT2D eigenvalue weighted by Gasteiger charge is 2.34. The molecule has 1 heterocycles. The van der Waals surface area contributed by atoms with E-state index in [4.69, 9.17) is 4.74 Å². The maximum Gasteiger partial charge on any atom is 0.343 e. The molecule has 2 aromatic rings. The fourth-order valence-corrected chi connectivity index (χ4v) is 4.01. The Morgan fingerprint density at radius 1 is 1.16 bits per heavy atom. The fourth-order valence-electron chi connectivity index (χ4n) is 4.01. The second-order valence-corrected chi connectivity index (χ2v) is 8.51. The van der Waals surface area contributed by atoms with Gasteiger partial charge < -0.3 is 4.74 Å². The minimum atomic E-state index is -1.60. The maximum absolute atomic E-state index is 13.8. The molecule has 0 atom stereocenters. The van der Waals surface area contributed by atoms with Gasteiger partial charge in [0.05, 0.1) is 12.3 Å². The normalized spacial score (nSPS) is 18.6. The number of nitrogens with zero attached hydrogens (tertiary/aromatic N) is 3. The highest BCUT2D eigenvalue weighted by Crippen LogP contribution is 2.33. The second kappa shape index (κ2) is 9.75. The summed E-state index contributed by atoms with van der Waals surface area (Å²) in [7, 11) is 0. The zero-order chi connectivity index (χ0) is 23.6. The monoisotopic (exact) mass is 451 g/mol.